The first-order chi connectivity index (χ1) is 19.5. The Hall–Kier alpha value is -4.06. The number of hydrogen-bond donors (Lipinski definition) is 0. The summed E-state index contributed by atoms with van der Waals surface area (Å²) >= 11 is 0. The van der Waals surface area contributed by atoms with Crippen molar-refractivity contribution < 1.29 is 19.2 Å². The van der Waals surface area contributed by atoms with Crippen molar-refractivity contribution in [2.24, 2.45) is 0 Å². The van der Waals surface area contributed by atoms with Gasteiger partial charge < -0.3 is 0 Å². The van der Waals surface area contributed by atoms with Crippen molar-refractivity contribution in [3.63, 3.8) is 0 Å². The average Bonchev–Trinajstić information content (AvgIpc) is 2.96. The van der Waals surface area contributed by atoms with Crippen LogP contribution in [0.1, 0.15) is 107 Å². The van der Waals surface area contributed by atoms with Gasteiger partial charge in [-0.3, -0.25) is 29.0 Å². The van der Waals surface area contributed by atoms with E-state index in [1.54, 1.807) is 0 Å². The molecule has 204 valence electrons. The molecule has 0 unspecified atom stereocenters. The summed E-state index contributed by atoms with van der Waals surface area (Å²) in [5, 5.41) is 3.51. The lowest BCUT2D eigenvalue weighted by Gasteiger charge is -2.34. The minimum absolute atomic E-state index is 0.341. The Labute approximate surface area is 233 Å². The van der Waals surface area contributed by atoms with Crippen LogP contribution in [0.25, 0.3) is 32.3 Å². The SMILES string of the molecule is CCCCCCN1C(=O)c2c3ccccc3c3c4c(c5ccccc5c(c24)C1=O)C(=O)N(CCCCCC)C3=O. The number of unbranched alkanes of at least 4 members (excludes halogenated alkanes) is 6. The Morgan fingerprint density at radius 3 is 1.02 bits per heavy atom. The fraction of sp³-hybridized carbons (Fsp3) is 0.353. The summed E-state index contributed by atoms with van der Waals surface area (Å²) in [4.78, 5) is 59.2. The van der Waals surface area contributed by atoms with Gasteiger partial charge in [-0.2, -0.15) is 0 Å². The van der Waals surface area contributed by atoms with Crippen LogP contribution >= 0.6 is 0 Å². The van der Waals surface area contributed by atoms with Crippen LogP contribution in [-0.2, 0) is 0 Å². The summed E-state index contributed by atoms with van der Waals surface area (Å²) in [6.45, 7) is 4.93. The van der Waals surface area contributed by atoms with Crippen molar-refractivity contribution in [2.75, 3.05) is 13.1 Å². The molecule has 0 aromatic heterocycles. The molecule has 0 saturated heterocycles. The maximum Gasteiger partial charge on any atom is 0.262 e. The largest absolute Gasteiger partial charge is 0.274 e. The lowest BCUT2D eigenvalue weighted by Crippen LogP contribution is -2.44. The van der Waals surface area contributed by atoms with E-state index in [1.165, 1.54) is 9.80 Å². The molecule has 2 aliphatic rings. The molecule has 2 heterocycles. The molecule has 6 nitrogen and oxygen atoms in total. The van der Waals surface area contributed by atoms with Crippen molar-refractivity contribution in [2.45, 2.75) is 65.2 Å². The summed E-state index contributed by atoms with van der Waals surface area (Å²) in [7, 11) is 0. The third-order valence-corrected chi connectivity index (χ3v) is 8.49. The molecule has 2 aliphatic heterocycles. The minimum atomic E-state index is -0.347. The molecule has 0 fully saturated rings. The Morgan fingerprint density at radius 2 is 0.750 bits per heavy atom. The number of hydrogen-bond acceptors (Lipinski definition) is 4. The van der Waals surface area contributed by atoms with E-state index in [-0.39, 0.29) is 23.6 Å². The Bertz CT molecular complexity index is 1480. The van der Waals surface area contributed by atoms with Crippen LogP contribution < -0.4 is 0 Å². The normalized spacial score (nSPS) is 14.8. The van der Waals surface area contributed by atoms with E-state index in [9.17, 15) is 19.2 Å². The molecule has 0 bridgehead atoms. The van der Waals surface area contributed by atoms with Crippen molar-refractivity contribution in [1.82, 2.24) is 9.80 Å². The molecule has 0 N–H and O–H groups in total. The van der Waals surface area contributed by atoms with Crippen LogP contribution in [-0.4, -0.2) is 46.5 Å². The third-order valence-electron chi connectivity index (χ3n) is 8.49. The van der Waals surface area contributed by atoms with E-state index in [1.807, 2.05) is 48.5 Å². The highest BCUT2D eigenvalue weighted by molar-refractivity contribution is 6.43. The molecule has 4 amide bonds. The summed E-state index contributed by atoms with van der Waals surface area (Å²) in [5.41, 5.74) is 1.68. The van der Waals surface area contributed by atoms with Gasteiger partial charge in [0.05, 0.1) is 22.3 Å². The maximum atomic E-state index is 14.1. The van der Waals surface area contributed by atoms with Crippen molar-refractivity contribution in [1.29, 1.82) is 0 Å². The lowest BCUT2D eigenvalue weighted by molar-refractivity contribution is 0.0590. The molecule has 40 heavy (non-hydrogen) atoms. The van der Waals surface area contributed by atoms with E-state index < -0.39 is 0 Å². The van der Waals surface area contributed by atoms with Gasteiger partial charge in [-0.15, -0.1) is 0 Å². The van der Waals surface area contributed by atoms with Crippen LogP contribution in [0.15, 0.2) is 48.5 Å². The summed E-state index contributed by atoms with van der Waals surface area (Å²) in [6.07, 6.45) is 7.55. The number of carbonyl (C=O) groups is 4. The highest BCUT2D eigenvalue weighted by Crippen LogP contribution is 2.46. The second-order valence-corrected chi connectivity index (χ2v) is 11.0. The van der Waals surface area contributed by atoms with Gasteiger partial charge in [0.1, 0.15) is 0 Å². The first kappa shape index (κ1) is 26.2. The predicted molar refractivity (Wildman–Crippen MR) is 158 cm³/mol. The lowest BCUT2D eigenvalue weighted by atomic mass is 9.79. The number of rotatable bonds is 10. The second-order valence-electron chi connectivity index (χ2n) is 11.0. The Kier molecular flexibility index (Phi) is 6.87. The van der Waals surface area contributed by atoms with Gasteiger partial charge in [0.15, 0.2) is 0 Å². The van der Waals surface area contributed by atoms with E-state index >= 15 is 0 Å². The first-order valence-electron chi connectivity index (χ1n) is 14.7. The fourth-order valence-corrected chi connectivity index (χ4v) is 6.54. The van der Waals surface area contributed by atoms with Gasteiger partial charge >= 0.3 is 0 Å². The average molecular weight is 535 g/mol. The molecule has 4 aromatic rings. The highest BCUT2D eigenvalue weighted by Gasteiger charge is 2.43. The van der Waals surface area contributed by atoms with Gasteiger partial charge in [-0.1, -0.05) is 101 Å². The third kappa shape index (κ3) is 3.84. The quantitative estimate of drug-likeness (QED) is 0.120. The standard InChI is InChI=1S/C34H34N2O4/c1-3-5-7-13-19-35-31(37)25-21-15-9-11-17-23(21)27-30-28(34(40)36(33(27)39)20-14-8-6-4-2)24-18-12-10-16-22(24)26(29(25)30)32(35)38/h9-12,15-18H,3-8,13-14,19-20H2,1-2H3. The van der Waals surface area contributed by atoms with Gasteiger partial charge in [-0.25, -0.2) is 0 Å². The van der Waals surface area contributed by atoms with Crippen molar-refractivity contribution in [3.8, 4) is 0 Å². The van der Waals surface area contributed by atoms with Gasteiger partial charge in [0.2, 0.25) is 0 Å². The predicted octanol–water partition coefficient (Wildman–Crippen LogP) is 7.50. The van der Waals surface area contributed by atoms with E-state index in [0.29, 0.717) is 67.7 Å². The Balaban J connectivity index is 1.66. The monoisotopic (exact) mass is 534 g/mol. The van der Waals surface area contributed by atoms with Gasteiger partial charge in [0.25, 0.3) is 23.6 Å². The number of carbonyl (C=O) groups excluding carboxylic acids is 4. The zero-order valence-electron chi connectivity index (χ0n) is 23.2. The smallest absolute Gasteiger partial charge is 0.262 e. The summed E-state index contributed by atoms with van der Waals surface area (Å²) in [6, 6.07) is 14.9. The summed E-state index contributed by atoms with van der Waals surface area (Å²) < 4.78 is 0. The van der Waals surface area contributed by atoms with E-state index in [0.717, 1.165) is 51.4 Å². The van der Waals surface area contributed by atoms with Crippen LogP contribution in [0, 0.1) is 0 Å². The van der Waals surface area contributed by atoms with Crippen LogP contribution in [0.3, 0.4) is 0 Å². The van der Waals surface area contributed by atoms with Crippen molar-refractivity contribution >= 4 is 55.9 Å². The van der Waals surface area contributed by atoms with Gasteiger partial charge in [0, 0.05) is 23.9 Å². The highest BCUT2D eigenvalue weighted by atomic mass is 16.2. The zero-order valence-corrected chi connectivity index (χ0v) is 23.2. The maximum absolute atomic E-state index is 14.1. The molecule has 0 spiro atoms. The molecule has 0 aliphatic carbocycles. The molecule has 0 atom stereocenters. The number of benzene rings is 4. The number of fused-ring (bicyclic) bond motifs is 6. The minimum Gasteiger partial charge on any atom is -0.274 e. The number of nitrogens with zero attached hydrogens (tertiary/aromatic N) is 2. The molecular formula is C34H34N2O4. The van der Waals surface area contributed by atoms with Crippen LogP contribution in [0.2, 0.25) is 0 Å². The van der Waals surface area contributed by atoms with E-state index in [2.05, 4.69) is 13.8 Å². The molecular weight excluding hydrogens is 500 g/mol. The van der Waals surface area contributed by atoms with E-state index in [4.69, 9.17) is 0 Å². The molecule has 6 heteroatoms. The zero-order chi connectivity index (χ0) is 28.0. The molecule has 0 radical (unpaired) electrons. The topological polar surface area (TPSA) is 74.8 Å². The molecule has 0 saturated carbocycles. The van der Waals surface area contributed by atoms with Gasteiger partial charge in [-0.05, 0) is 34.4 Å². The number of amides is 4. The fourth-order valence-electron chi connectivity index (χ4n) is 6.54. The van der Waals surface area contributed by atoms with Crippen LogP contribution in [0.5, 0.6) is 0 Å². The van der Waals surface area contributed by atoms with Crippen molar-refractivity contribution in [3.05, 3.63) is 70.8 Å². The first-order valence-corrected chi connectivity index (χ1v) is 14.7. The molecule has 6 rings (SSSR count). The second kappa shape index (κ2) is 10.5. The Morgan fingerprint density at radius 1 is 0.450 bits per heavy atom. The number of imide groups is 2. The summed E-state index contributed by atoms with van der Waals surface area (Å²) in [5.74, 6) is -1.39. The molecule has 4 aromatic carbocycles. The van der Waals surface area contributed by atoms with Crippen LogP contribution in [0.4, 0.5) is 0 Å².